The summed E-state index contributed by atoms with van der Waals surface area (Å²) in [5, 5.41) is 22.1. The summed E-state index contributed by atoms with van der Waals surface area (Å²) in [4.78, 5) is 17.5. The molecule has 3 aromatic rings. The Balaban J connectivity index is 1.73. The zero-order valence-corrected chi connectivity index (χ0v) is 19.3. The summed E-state index contributed by atoms with van der Waals surface area (Å²) in [6.45, 7) is 5.76. The van der Waals surface area contributed by atoms with Crippen molar-refractivity contribution >= 4 is 17.2 Å². The Hall–Kier alpha value is -4.40. The molecule has 1 unspecified atom stereocenters. The highest BCUT2D eigenvalue weighted by molar-refractivity contribution is 5.78. The second-order valence-corrected chi connectivity index (χ2v) is 8.35. The number of aryl methyl sites for hydroxylation is 3. The Morgan fingerprint density at radius 1 is 1.12 bits per heavy atom. The van der Waals surface area contributed by atoms with Crippen LogP contribution in [0.1, 0.15) is 28.8 Å². The monoisotopic (exact) mass is 457 g/mol. The number of para-hydroxylation sites is 1. The third-order valence-electron chi connectivity index (χ3n) is 5.80. The van der Waals surface area contributed by atoms with E-state index in [2.05, 4.69) is 20.3 Å². The lowest BCUT2D eigenvalue weighted by molar-refractivity contribution is 0.472. The summed E-state index contributed by atoms with van der Waals surface area (Å²) in [6, 6.07) is 12.7. The molecule has 2 aromatic carbocycles. The van der Waals surface area contributed by atoms with Crippen molar-refractivity contribution in [3.05, 3.63) is 93.4 Å². The predicted molar refractivity (Wildman–Crippen MR) is 133 cm³/mol. The number of nitrogens with two attached hydrogens (primary N) is 2. The topological polar surface area (TPSA) is 147 Å². The standard InChI is InChI=1S/C25H27N7O2/c1-15-10-11-19(13-16(15)2)32-23(34)22(17(3)30-32)29-31-25(28-24(26)27)12-6-7-18(14-25)20-8-4-5-9-21(20)33/h4-13,30,33H,14H2,1-3H3,(H4,26,27,28). The highest BCUT2D eigenvalue weighted by atomic mass is 16.3. The van der Waals surface area contributed by atoms with E-state index in [9.17, 15) is 9.90 Å². The average molecular weight is 458 g/mol. The molecule has 0 saturated carbocycles. The lowest BCUT2D eigenvalue weighted by Crippen LogP contribution is -2.32. The number of aromatic amines is 1. The number of benzene rings is 2. The van der Waals surface area contributed by atoms with Gasteiger partial charge in [-0.05, 0) is 61.7 Å². The summed E-state index contributed by atoms with van der Waals surface area (Å²) in [5.41, 5.74) is 14.9. The number of aromatic nitrogens is 2. The molecule has 4 rings (SSSR count). The van der Waals surface area contributed by atoms with Crippen molar-refractivity contribution in [3.8, 4) is 11.4 Å². The van der Waals surface area contributed by atoms with E-state index in [-0.39, 0.29) is 29.4 Å². The molecule has 1 aliphatic rings. The van der Waals surface area contributed by atoms with E-state index in [0.717, 1.165) is 16.7 Å². The van der Waals surface area contributed by atoms with Crippen molar-refractivity contribution < 1.29 is 5.11 Å². The van der Waals surface area contributed by atoms with Crippen LogP contribution in [0.4, 0.5) is 5.69 Å². The highest BCUT2D eigenvalue weighted by Crippen LogP contribution is 2.37. The van der Waals surface area contributed by atoms with Crippen LogP contribution in [-0.4, -0.2) is 26.5 Å². The number of phenolic OH excluding ortho intramolecular Hbond substituents is 1. The number of aliphatic imine (C=N–C) groups is 1. The fourth-order valence-corrected chi connectivity index (χ4v) is 3.88. The Kier molecular flexibility index (Phi) is 5.93. The predicted octanol–water partition coefficient (Wildman–Crippen LogP) is 3.89. The van der Waals surface area contributed by atoms with Gasteiger partial charge in [0.25, 0.3) is 5.56 Å². The zero-order chi connectivity index (χ0) is 24.5. The Morgan fingerprint density at radius 3 is 2.59 bits per heavy atom. The smallest absolute Gasteiger partial charge is 0.299 e. The molecule has 1 atom stereocenters. The lowest BCUT2D eigenvalue weighted by atomic mass is 9.90. The van der Waals surface area contributed by atoms with E-state index in [1.807, 2.05) is 44.2 Å². The lowest BCUT2D eigenvalue weighted by Gasteiger charge is -2.25. The number of phenols is 1. The molecule has 0 fully saturated rings. The van der Waals surface area contributed by atoms with Crippen LogP contribution in [0, 0.1) is 20.8 Å². The number of nitrogens with one attached hydrogen (secondary N) is 1. The van der Waals surface area contributed by atoms with E-state index in [1.54, 1.807) is 37.3 Å². The van der Waals surface area contributed by atoms with Crippen molar-refractivity contribution in [2.24, 2.45) is 26.7 Å². The molecule has 0 radical (unpaired) electrons. The highest BCUT2D eigenvalue weighted by Gasteiger charge is 2.31. The number of allylic oxidation sites excluding steroid dienone is 2. The van der Waals surface area contributed by atoms with Gasteiger partial charge in [0.15, 0.2) is 17.3 Å². The number of nitrogens with zero attached hydrogens (tertiary/aromatic N) is 4. The second-order valence-electron chi connectivity index (χ2n) is 8.35. The average Bonchev–Trinajstić information content (AvgIpc) is 3.07. The van der Waals surface area contributed by atoms with Crippen LogP contribution in [0.5, 0.6) is 5.75 Å². The molecule has 9 heteroatoms. The second kappa shape index (κ2) is 8.86. The first kappa shape index (κ1) is 22.8. The van der Waals surface area contributed by atoms with Crippen LogP contribution in [0.2, 0.25) is 0 Å². The molecule has 0 spiro atoms. The summed E-state index contributed by atoms with van der Waals surface area (Å²) in [5.74, 6) is -0.0298. The zero-order valence-electron chi connectivity index (χ0n) is 19.3. The maximum atomic E-state index is 13.1. The molecule has 34 heavy (non-hydrogen) atoms. The van der Waals surface area contributed by atoms with Crippen molar-refractivity contribution in [1.82, 2.24) is 9.78 Å². The number of H-pyrrole nitrogens is 1. The SMILES string of the molecule is Cc1ccc(-n2[nH]c(C)c(N=NC3(N=C(N)N)C=CC=C(c4ccccc4O)C3)c2=O)cc1C. The number of aromatic hydroxyl groups is 1. The normalized spacial score (nSPS) is 17.7. The fourth-order valence-electron chi connectivity index (χ4n) is 3.88. The van der Waals surface area contributed by atoms with Crippen molar-refractivity contribution in [3.63, 3.8) is 0 Å². The molecule has 174 valence electrons. The van der Waals surface area contributed by atoms with Gasteiger partial charge in [0.2, 0.25) is 0 Å². The minimum absolute atomic E-state index is 0.136. The number of guanidine groups is 1. The van der Waals surface area contributed by atoms with Crippen LogP contribution in [0.15, 0.2) is 80.7 Å². The fraction of sp³-hybridized carbons (Fsp3) is 0.200. The maximum Gasteiger partial charge on any atom is 0.299 e. The molecule has 0 saturated heterocycles. The molecule has 1 heterocycles. The Bertz CT molecular complexity index is 1420. The number of hydrogen-bond acceptors (Lipinski definition) is 5. The molecule has 6 N–H and O–H groups in total. The first-order chi connectivity index (χ1) is 16.2. The number of rotatable bonds is 5. The van der Waals surface area contributed by atoms with Crippen LogP contribution in [0.3, 0.4) is 0 Å². The van der Waals surface area contributed by atoms with Crippen LogP contribution in [-0.2, 0) is 0 Å². The van der Waals surface area contributed by atoms with Gasteiger partial charge >= 0.3 is 0 Å². The van der Waals surface area contributed by atoms with Gasteiger partial charge in [-0.25, -0.2) is 9.67 Å². The van der Waals surface area contributed by atoms with Gasteiger partial charge in [0.05, 0.1) is 11.4 Å². The third-order valence-corrected chi connectivity index (χ3v) is 5.80. The first-order valence-electron chi connectivity index (χ1n) is 10.8. The van der Waals surface area contributed by atoms with Crippen molar-refractivity contribution in [2.45, 2.75) is 32.9 Å². The third kappa shape index (κ3) is 4.40. The van der Waals surface area contributed by atoms with Crippen LogP contribution in [0.25, 0.3) is 11.3 Å². The first-order valence-corrected chi connectivity index (χ1v) is 10.8. The van der Waals surface area contributed by atoms with Crippen molar-refractivity contribution in [2.75, 3.05) is 0 Å². The molecule has 9 nitrogen and oxygen atoms in total. The summed E-state index contributed by atoms with van der Waals surface area (Å²) < 4.78 is 1.44. The van der Waals surface area contributed by atoms with Crippen LogP contribution >= 0.6 is 0 Å². The summed E-state index contributed by atoms with van der Waals surface area (Å²) in [6.07, 6.45) is 5.58. The van der Waals surface area contributed by atoms with Gasteiger partial charge < -0.3 is 16.6 Å². The Labute approximate surface area is 196 Å². The number of hydrogen-bond donors (Lipinski definition) is 4. The van der Waals surface area contributed by atoms with E-state index >= 15 is 0 Å². The van der Waals surface area contributed by atoms with E-state index in [1.165, 1.54) is 4.68 Å². The molecule has 1 aromatic heterocycles. The van der Waals surface area contributed by atoms with E-state index in [0.29, 0.717) is 16.9 Å². The minimum atomic E-state index is -1.26. The number of azo groups is 1. The molecular weight excluding hydrogens is 430 g/mol. The van der Waals surface area contributed by atoms with Gasteiger partial charge in [0, 0.05) is 12.0 Å². The maximum absolute atomic E-state index is 13.1. The van der Waals surface area contributed by atoms with Crippen molar-refractivity contribution in [1.29, 1.82) is 0 Å². The Morgan fingerprint density at radius 2 is 1.88 bits per heavy atom. The largest absolute Gasteiger partial charge is 0.507 e. The summed E-state index contributed by atoms with van der Waals surface area (Å²) in [7, 11) is 0. The molecule has 0 bridgehead atoms. The molecule has 0 amide bonds. The van der Waals surface area contributed by atoms with Gasteiger partial charge in [-0.2, -0.15) is 5.11 Å². The van der Waals surface area contributed by atoms with Gasteiger partial charge in [-0.1, -0.05) is 36.4 Å². The minimum Gasteiger partial charge on any atom is -0.507 e. The van der Waals surface area contributed by atoms with Gasteiger partial charge in [-0.3, -0.25) is 9.89 Å². The molecular formula is C25H27N7O2. The summed E-state index contributed by atoms with van der Waals surface area (Å²) >= 11 is 0. The molecule has 0 aliphatic heterocycles. The van der Waals surface area contributed by atoms with E-state index in [4.69, 9.17) is 11.5 Å². The van der Waals surface area contributed by atoms with Crippen LogP contribution < -0.4 is 17.0 Å². The molecule has 1 aliphatic carbocycles. The van der Waals surface area contributed by atoms with Gasteiger partial charge in [0.1, 0.15) is 5.75 Å². The van der Waals surface area contributed by atoms with Gasteiger partial charge in [-0.15, -0.1) is 5.11 Å². The quantitative estimate of drug-likeness (QED) is 0.261. The van der Waals surface area contributed by atoms with E-state index < -0.39 is 5.66 Å².